The van der Waals surface area contributed by atoms with Crippen LogP contribution >= 0.6 is 0 Å². The van der Waals surface area contributed by atoms with Crippen LogP contribution in [0.2, 0.25) is 0 Å². The van der Waals surface area contributed by atoms with Crippen molar-refractivity contribution in [1.82, 2.24) is 4.90 Å². The van der Waals surface area contributed by atoms with Gasteiger partial charge in [-0.1, -0.05) is 22.7 Å². The second-order valence-corrected chi connectivity index (χ2v) is 7.74. The molecule has 154 valence electrons. The van der Waals surface area contributed by atoms with E-state index in [2.05, 4.69) is 0 Å². The molecular weight excluding hydrogens is 385 g/mol. The second kappa shape index (κ2) is 7.77. The van der Waals surface area contributed by atoms with Crippen LogP contribution in [0.25, 0.3) is 0 Å². The van der Waals surface area contributed by atoms with Gasteiger partial charge in [0.05, 0.1) is 0 Å². The Hall–Kier alpha value is -3.03. The number of para-hydroxylation sites is 1. The van der Waals surface area contributed by atoms with Crippen LogP contribution < -0.4 is 5.12 Å². The number of hydrogen-bond donors (Lipinski definition) is 0. The number of ether oxygens (including phenoxy) is 1. The molecule has 0 spiro atoms. The van der Waals surface area contributed by atoms with E-state index in [9.17, 15) is 22.9 Å². The van der Waals surface area contributed by atoms with Crippen molar-refractivity contribution in [3.8, 4) is 0 Å². The van der Waals surface area contributed by atoms with Gasteiger partial charge in [0.15, 0.2) is 0 Å². The molecule has 2 aromatic rings. The number of anilines is 1. The van der Waals surface area contributed by atoms with Gasteiger partial charge in [-0.05, 0) is 62.6 Å². The van der Waals surface area contributed by atoms with Gasteiger partial charge in [0, 0.05) is 6.54 Å². The summed E-state index contributed by atoms with van der Waals surface area (Å²) in [5.41, 5.74) is -0.664. The standard InChI is InChI=1S/C21H21F3N2O3/c1-21(2,3)29-20(28)25-11-10-13-12-14(22)8-9-15(13)18(25)19(27)26(24)17-7-5-4-6-16(17)23/h4-9,12,18H,10-11H2,1-3H3. The summed E-state index contributed by atoms with van der Waals surface area (Å²) >= 11 is 0. The number of carbonyl (C=O) groups excluding carboxylic acids is 2. The van der Waals surface area contributed by atoms with Gasteiger partial charge < -0.3 is 4.74 Å². The van der Waals surface area contributed by atoms with Crippen LogP contribution in [-0.4, -0.2) is 29.0 Å². The zero-order valence-electron chi connectivity index (χ0n) is 16.3. The molecule has 0 radical (unpaired) electrons. The summed E-state index contributed by atoms with van der Waals surface area (Å²) in [7, 11) is 0. The number of fused-ring (bicyclic) bond motifs is 1. The third-order valence-electron chi connectivity index (χ3n) is 4.45. The van der Waals surface area contributed by atoms with Gasteiger partial charge in [-0.2, -0.15) is 0 Å². The lowest BCUT2D eigenvalue weighted by molar-refractivity contribution is -0.127. The molecule has 0 aromatic heterocycles. The van der Waals surface area contributed by atoms with Crippen molar-refractivity contribution in [3.63, 3.8) is 0 Å². The Morgan fingerprint density at radius 1 is 1.14 bits per heavy atom. The van der Waals surface area contributed by atoms with Gasteiger partial charge >= 0.3 is 6.09 Å². The first kappa shape index (κ1) is 20.7. The smallest absolute Gasteiger partial charge is 0.411 e. The Morgan fingerprint density at radius 2 is 1.83 bits per heavy atom. The third-order valence-corrected chi connectivity index (χ3v) is 4.45. The minimum atomic E-state index is -1.42. The number of benzene rings is 2. The van der Waals surface area contributed by atoms with Crippen LogP contribution in [0.3, 0.4) is 0 Å². The highest BCUT2D eigenvalue weighted by Gasteiger charge is 2.41. The molecule has 0 saturated heterocycles. The number of halogens is 3. The van der Waals surface area contributed by atoms with E-state index in [0.717, 1.165) is 23.1 Å². The zero-order valence-corrected chi connectivity index (χ0v) is 16.3. The highest BCUT2D eigenvalue weighted by Crippen LogP contribution is 2.35. The lowest BCUT2D eigenvalue weighted by atomic mass is 9.92. The normalized spacial score (nSPS) is 16.2. The molecule has 2 aromatic carbocycles. The molecule has 0 saturated carbocycles. The number of hydrogen-bond acceptors (Lipinski definition) is 3. The fraction of sp³-hybridized carbons (Fsp3) is 0.333. The summed E-state index contributed by atoms with van der Waals surface area (Å²) in [6, 6.07) is 7.16. The predicted molar refractivity (Wildman–Crippen MR) is 101 cm³/mol. The summed E-state index contributed by atoms with van der Waals surface area (Å²) < 4.78 is 47.9. The second-order valence-electron chi connectivity index (χ2n) is 7.74. The van der Waals surface area contributed by atoms with Crippen LogP contribution in [0.5, 0.6) is 0 Å². The quantitative estimate of drug-likeness (QED) is 0.679. The van der Waals surface area contributed by atoms with Gasteiger partial charge in [0.1, 0.15) is 29.0 Å². The Balaban J connectivity index is 2.02. The molecule has 1 aliphatic rings. The van der Waals surface area contributed by atoms with Crippen LogP contribution in [-0.2, 0) is 16.0 Å². The fourth-order valence-electron chi connectivity index (χ4n) is 3.22. The molecular formula is C21H21F3N2O3. The minimum Gasteiger partial charge on any atom is -0.444 e. The van der Waals surface area contributed by atoms with Crippen molar-refractivity contribution in [2.24, 2.45) is 0 Å². The van der Waals surface area contributed by atoms with Crippen molar-refractivity contribution in [2.45, 2.75) is 38.8 Å². The van der Waals surface area contributed by atoms with Gasteiger partial charge in [0.2, 0.25) is 0 Å². The molecule has 8 heteroatoms. The summed E-state index contributed by atoms with van der Waals surface area (Å²) in [6.07, 6.45) is -0.546. The van der Waals surface area contributed by atoms with E-state index in [1.807, 2.05) is 0 Å². The monoisotopic (exact) mass is 406 g/mol. The highest BCUT2D eigenvalue weighted by molar-refractivity contribution is 5.98. The Labute approximate surface area is 166 Å². The van der Waals surface area contributed by atoms with Crippen LogP contribution in [0, 0.1) is 11.6 Å². The van der Waals surface area contributed by atoms with Crippen LogP contribution in [0.4, 0.5) is 23.7 Å². The largest absolute Gasteiger partial charge is 0.444 e. The van der Waals surface area contributed by atoms with Gasteiger partial charge in [-0.15, -0.1) is 5.12 Å². The average molecular weight is 406 g/mol. The maximum absolute atomic E-state index is 14.9. The summed E-state index contributed by atoms with van der Waals surface area (Å²) in [6.45, 7) is 5.01. The summed E-state index contributed by atoms with van der Waals surface area (Å²) in [5.74, 6) is -2.61. The maximum atomic E-state index is 14.9. The van der Waals surface area contributed by atoms with E-state index >= 15 is 0 Å². The molecule has 0 fully saturated rings. The van der Waals surface area contributed by atoms with Crippen molar-refractivity contribution in [2.75, 3.05) is 11.7 Å². The Morgan fingerprint density at radius 3 is 2.48 bits per heavy atom. The molecule has 0 aliphatic carbocycles. The molecule has 3 rings (SSSR count). The number of carbonyl (C=O) groups is 2. The highest BCUT2D eigenvalue weighted by atomic mass is 19.2. The van der Waals surface area contributed by atoms with Crippen molar-refractivity contribution in [1.29, 1.82) is 0 Å². The van der Waals surface area contributed by atoms with Gasteiger partial charge in [-0.25, -0.2) is 13.6 Å². The fourth-order valence-corrected chi connectivity index (χ4v) is 3.22. The van der Waals surface area contributed by atoms with Gasteiger partial charge in [0.25, 0.3) is 5.91 Å². The zero-order chi connectivity index (χ0) is 21.3. The molecule has 1 unspecified atom stereocenters. The molecule has 1 atom stereocenters. The first-order valence-corrected chi connectivity index (χ1v) is 9.11. The molecule has 29 heavy (non-hydrogen) atoms. The number of amides is 2. The minimum absolute atomic E-state index is 0.0207. The molecule has 1 aliphatic heterocycles. The topological polar surface area (TPSA) is 49.9 Å². The summed E-state index contributed by atoms with van der Waals surface area (Å²) in [4.78, 5) is 26.8. The van der Waals surface area contributed by atoms with Crippen molar-refractivity contribution < 1.29 is 27.6 Å². The lowest BCUT2D eigenvalue weighted by Gasteiger charge is -2.37. The van der Waals surface area contributed by atoms with E-state index in [1.165, 1.54) is 24.3 Å². The first-order chi connectivity index (χ1) is 13.6. The van der Waals surface area contributed by atoms with Crippen molar-refractivity contribution in [3.05, 3.63) is 65.2 Å². The summed E-state index contributed by atoms with van der Waals surface area (Å²) in [5, 5.41) is -0.324. The van der Waals surface area contributed by atoms with E-state index < -0.39 is 41.0 Å². The van der Waals surface area contributed by atoms with Crippen LogP contribution in [0.15, 0.2) is 42.5 Å². The van der Waals surface area contributed by atoms with Crippen LogP contribution in [0.1, 0.15) is 37.9 Å². The molecule has 0 bridgehead atoms. The van der Waals surface area contributed by atoms with E-state index in [1.54, 1.807) is 20.8 Å². The molecule has 0 N–H and O–H groups in total. The molecule has 1 heterocycles. The Kier molecular flexibility index (Phi) is 5.55. The number of nitrogens with zero attached hydrogens (tertiary/aromatic N) is 2. The van der Waals surface area contributed by atoms with Crippen molar-refractivity contribution >= 4 is 17.7 Å². The van der Waals surface area contributed by atoms with E-state index in [-0.39, 0.29) is 23.7 Å². The SMILES string of the molecule is CC(C)(C)OC(=O)N1CCc2cc(F)ccc2C1C(=O)N(F)c1ccccc1F. The maximum Gasteiger partial charge on any atom is 0.411 e. The van der Waals surface area contributed by atoms with Gasteiger partial charge in [-0.3, -0.25) is 9.69 Å². The van der Waals surface area contributed by atoms with E-state index in [0.29, 0.717) is 5.56 Å². The van der Waals surface area contributed by atoms with E-state index in [4.69, 9.17) is 4.74 Å². The average Bonchev–Trinajstić information content (AvgIpc) is 2.64. The molecule has 5 nitrogen and oxygen atoms in total. The molecule has 2 amide bonds. The first-order valence-electron chi connectivity index (χ1n) is 9.11. The third kappa shape index (κ3) is 4.36. The lowest BCUT2D eigenvalue weighted by Crippen LogP contribution is -2.48. The number of rotatable bonds is 2. The predicted octanol–water partition coefficient (Wildman–Crippen LogP) is 4.72. The Bertz CT molecular complexity index is 943.